The molecule has 3 nitrogen and oxygen atoms in total. The Kier molecular flexibility index (Phi) is 5.27. The van der Waals surface area contributed by atoms with Crippen LogP contribution < -0.4 is 10.6 Å². The number of anilines is 2. The normalized spacial score (nSPS) is 12.6. The number of fused-ring (bicyclic) bond motifs is 1. The van der Waals surface area contributed by atoms with Gasteiger partial charge in [0.25, 0.3) is 5.91 Å². The largest absolute Gasteiger partial charge is 0.385 e. The lowest BCUT2D eigenvalue weighted by molar-refractivity contribution is 0.102. The van der Waals surface area contributed by atoms with E-state index in [4.69, 9.17) is 11.6 Å². The standard InChI is InChI=1S/C16H14ClFN2O.ClH/c17-14-9-11(18)3-5-13(14)16(21)20-12-4-6-15-10(8-12)2-1-7-19-15;/h3-6,8-9,19H,1-2,7H2,(H,20,21);1H. The van der Waals surface area contributed by atoms with Crippen molar-refractivity contribution in [3.05, 3.63) is 58.4 Å². The SMILES string of the molecule is Cl.O=C(Nc1ccc2c(c1)CCCN2)c1ccc(F)cc1Cl. The number of benzene rings is 2. The fraction of sp³-hybridized carbons (Fsp3) is 0.188. The molecule has 3 rings (SSSR count). The first-order valence-corrected chi connectivity index (χ1v) is 7.14. The second kappa shape index (κ2) is 6.99. The Balaban J connectivity index is 0.00000176. The van der Waals surface area contributed by atoms with Crippen molar-refractivity contribution >= 4 is 41.3 Å². The van der Waals surface area contributed by atoms with Gasteiger partial charge >= 0.3 is 0 Å². The lowest BCUT2D eigenvalue weighted by Crippen LogP contribution is -2.15. The molecule has 6 heteroatoms. The summed E-state index contributed by atoms with van der Waals surface area (Å²) in [6.45, 7) is 0.976. The highest BCUT2D eigenvalue weighted by Crippen LogP contribution is 2.26. The lowest BCUT2D eigenvalue weighted by atomic mass is 10.0. The Labute approximate surface area is 139 Å². The maximum atomic E-state index is 13.0. The van der Waals surface area contributed by atoms with Gasteiger partial charge in [0, 0.05) is 17.9 Å². The van der Waals surface area contributed by atoms with Gasteiger partial charge in [-0.05, 0) is 54.8 Å². The molecule has 0 unspecified atom stereocenters. The average molecular weight is 341 g/mol. The first-order chi connectivity index (χ1) is 10.1. The fourth-order valence-corrected chi connectivity index (χ4v) is 2.68. The zero-order chi connectivity index (χ0) is 14.8. The van der Waals surface area contributed by atoms with Crippen LogP contribution in [0.2, 0.25) is 5.02 Å². The van der Waals surface area contributed by atoms with Crippen LogP contribution in [-0.4, -0.2) is 12.5 Å². The molecule has 22 heavy (non-hydrogen) atoms. The molecular weight excluding hydrogens is 326 g/mol. The first kappa shape index (κ1) is 16.6. The van der Waals surface area contributed by atoms with Gasteiger partial charge in [-0.2, -0.15) is 0 Å². The van der Waals surface area contributed by atoms with Gasteiger partial charge < -0.3 is 10.6 Å². The number of carbonyl (C=O) groups excluding carboxylic acids is 1. The minimum atomic E-state index is -0.462. The summed E-state index contributed by atoms with van der Waals surface area (Å²) >= 11 is 5.90. The summed E-state index contributed by atoms with van der Waals surface area (Å²) in [7, 11) is 0. The Bertz CT molecular complexity index is 707. The number of rotatable bonds is 2. The van der Waals surface area contributed by atoms with Crippen LogP contribution in [0.1, 0.15) is 22.3 Å². The second-order valence-corrected chi connectivity index (χ2v) is 5.39. The molecule has 0 saturated carbocycles. The quantitative estimate of drug-likeness (QED) is 0.844. The van der Waals surface area contributed by atoms with Crippen LogP contribution in [-0.2, 0) is 6.42 Å². The predicted octanol–water partition coefficient (Wildman–Crippen LogP) is 4.51. The minimum Gasteiger partial charge on any atom is -0.385 e. The van der Waals surface area contributed by atoms with Gasteiger partial charge in [0.15, 0.2) is 0 Å². The van der Waals surface area contributed by atoms with Crippen molar-refractivity contribution in [3.63, 3.8) is 0 Å². The molecule has 116 valence electrons. The van der Waals surface area contributed by atoms with Crippen molar-refractivity contribution in [1.29, 1.82) is 0 Å². The Morgan fingerprint density at radius 2 is 2.05 bits per heavy atom. The lowest BCUT2D eigenvalue weighted by Gasteiger charge is -2.18. The zero-order valence-corrected chi connectivity index (χ0v) is 13.2. The predicted molar refractivity (Wildman–Crippen MR) is 89.9 cm³/mol. The van der Waals surface area contributed by atoms with Crippen LogP contribution in [0.15, 0.2) is 36.4 Å². The molecule has 1 aliphatic heterocycles. The van der Waals surface area contributed by atoms with Gasteiger partial charge in [-0.25, -0.2) is 4.39 Å². The Hall–Kier alpha value is -1.78. The molecule has 0 aliphatic carbocycles. The van der Waals surface area contributed by atoms with E-state index in [0.29, 0.717) is 5.69 Å². The summed E-state index contributed by atoms with van der Waals surface area (Å²) in [4.78, 5) is 12.2. The van der Waals surface area contributed by atoms with Crippen LogP contribution in [0.25, 0.3) is 0 Å². The van der Waals surface area contributed by atoms with Crippen molar-refractivity contribution < 1.29 is 9.18 Å². The summed E-state index contributed by atoms with van der Waals surface area (Å²) in [6.07, 6.45) is 2.07. The summed E-state index contributed by atoms with van der Waals surface area (Å²) < 4.78 is 13.0. The molecule has 0 atom stereocenters. The van der Waals surface area contributed by atoms with Crippen molar-refractivity contribution in [2.75, 3.05) is 17.2 Å². The van der Waals surface area contributed by atoms with Crippen molar-refractivity contribution in [3.8, 4) is 0 Å². The third kappa shape index (κ3) is 3.51. The van der Waals surface area contributed by atoms with Crippen LogP contribution in [0.3, 0.4) is 0 Å². The molecule has 0 aromatic heterocycles. The zero-order valence-electron chi connectivity index (χ0n) is 11.7. The molecule has 0 saturated heterocycles. The van der Waals surface area contributed by atoms with Gasteiger partial charge in [-0.15, -0.1) is 12.4 Å². The molecular formula is C16H15Cl2FN2O. The molecule has 0 bridgehead atoms. The summed E-state index contributed by atoms with van der Waals surface area (Å²) in [5, 5.41) is 6.21. The van der Waals surface area contributed by atoms with Gasteiger partial charge in [-0.3, -0.25) is 4.79 Å². The molecule has 2 aromatic carbocycles. The molecule has 0 radical (unpaired) electrons. The molecule has 1 amide bonds. The van der Waals surface area contributed by atoms with E-state index in [-0.39, 0.29) is 28.9 Å². The van der Waals surface area contributed by atoms with E-state index in [0.717, 1.165) is 31.1 Å². The molecule has 0 fully saturated rings. The number of hydrogen-bond donors (Lipinski definition) is 2. The van der Waals surface area contributed by atoms with Gasteiger partial charge in [0.05, 0.1) is 10.6 Å². The van der Waals surface area contributed by atoms with E-state index >= 15 is 0 Å². The van der Waals surface area contributed by atoms with Crippen LogP contribution in [0, 0.1) is 5.82 Å². The van der Waals surface area contributed by atoms with E-state index in [9.17, 15) is 9.18 Å². The van der Waals surface area contributed by atoms with E-state index in [1.54, 1.807) is 0 Å². The number of hydrogen-bond acceptors (Lipinski definition) is 2. The summed E-state index contributed by atoms with van der Waals surface area (Å²) in [5.74, 6) is -0.805. The third-order valence-corrected chi connectivity index (χ3v) is 3.79. The number of halogens is 3. The summed E-state index contributed by atoms with van der Waals surface area (Å²) in [5.41, 5.74) is 3.26. The molecule has 0 spiro atoms. The van der Waals surface area contributed by atoms with Gasteiger partial charge in [0.1, 0.15) is 5.82 Å². The van der Waals surface area contributed by atoms with E-state index < -0.39 is 5.82 Å². The first-order valence-electron chi connectivity index (χ1n) is 6.77. The number of nitrogens with one attached hydrogen (secondary N) is 2. The van der Waals surface area contributed by atoms with Crippen molar-refractivity contribution in [2.45, 2.75) is 12.8 Å². The van der Waals surface area contributed by atoms with E-state index in [1.165, 1.54) is 17.7 Å². The molecule has 1 aliphatic rings. The average Bonchev–Trinajstić information content (AvgIpc) is 2.47. The Morgan fingerprint density at radius 1 is 1.23 bits per heavy atom. The number of carbonyl (C=O) groups is 1. The number of amides is 1. The van der Waals surface area contributed by atoms with Gasteiger partial charge in [-0.1, -0.05) is 11.6 Å². The highest BCUT2D eigenvalue weighted by molar-refractivity contribution is 6.34. The maximum Gasteiger partial charge on any atom is 0.257 e. The maximum absolute atomic E-state index is 13.0. The monoisotopic (exact) mass is 340 g/mol. The Morgan fingerprint density at radius 3 is 2.82 bits per heavy atom. The minimum absolute atomic E-state index is 0. The van der Waals surface area contributed by atoms with Crippen molar-refractivity contribution in [2.24, 2.45) is 0 Å². The second-order valence-electron chi connectivity index (χ2n) is 4.98. The third-order valence-electron chi connectivity index (χ3n) is 3.48. The molecule has 2 aromatic rings. The number of aryl methyl sites for hydroxylation is 1. The molecule has 2 N–H and O–H groups in total. The summed E-state index contributed by atoms with van der Waals surface area (Å²) in [6, 6.07) is 9.48. The fourth-order valence-electron chi connectivity index (χ4n) is 2.42. The smallest absolute Gasteiger partial charge is 0.257 e. The van der Waals surface area contributed by atoms with Crippen LogP contribution >= 0.6 is 24.0 Å². The van der Waals surface area contributed by atoms with Crippen molar-refractivity contribution in [1.82, 2.24) is 0 Å². The van der Waals surface area contributed by atoms with E-state index in [1.807, 2.05) is 18.2 Å². The highest BCUT2D eigenvalue weighted by atomic mass is 35.5. The molecule has 1 heterocycles. The van der Waals surface area contributed by atoms with Crippen LogP contribution in [0.5, 0.6) is 0 Å². The van der Waals surface area contributed by atoms with Crippen LogP contribution in [0.4, 0.5) is 15.8 Å². The van der Waals surface area contributed by atoms with E-state index in [2.05, 4.69) is 10.6 Å². The van der Waals surface area contributed by atoms with Gasteiger partial charge in [0.2, 0.25) is 0 Å². The topological polar surface area (TPSA) is 41.1 Å². The highest BCUT2D eigenvalue weighted by Gasteiger charge is 2.13.